The Morgan fingerprint density at radius 3 is 2.71 bits per heavy atom. The Labute approximate surface area is 125 Å². The van der Waals surface area contributed by atoms with Crippen molar-refractivity contribution in [1.29, 1.82) is 0 Å². The van der Waals surface area contributed by atoms with Crippen molar-refractivity contribution in [3.8, 4) is 0 Å². The van der Waals surface area contributed by atoms with Crippen molar-refractivity contribution in [3.05, 3.63) is 56.5 Å². The fourth-order valence-corrected chi connectivity index (χ4v) is 4.18. The van der Waals surface area contributed by atoms with Crippen LogP contribution in [0.2, 0.25) is 0 Å². The van der Waals surface area contributed by atoms with Crippen molar-refractivity contribution in [1.82, 2.24) is 5.32 Å². The average Bonchev–Trinajstić information content (AvgIpc) is 3.04. The summed E-state index contributed by atoms with van der Waals surface area (Å²) in [5, 5.41) is 3.17. The standard InChI is InChI=1S/C16H16F3NS/c1-2-20-16(10-6-7-11(17)15(19)14(10)18)13-8-9-4-3-5-12(9)21-13/h6-8,16,20H,2-5H2,1H3. The smallest absolute Gasteiger partial charge is 0.194 e. The molecular weight excluding hydrogens is 295 g/mol. The van der Waals surface area contributed by atoms with Crippen LogP contribution in [0.4, 0.5) is 13.2 Å². The molecule has 1 unspecified atom stereocenters. The highest BCUT2D eigenvalue weighted by Crippen LogP contribution is 2.37. The van der Waals surface area contributed by atoms with Gasteiger partial charge in [0.15, 0.2) is 17.5 Å². The van der Waals surface area contributed by atoms with E-state index in [0.29, 0.717) is 6.54 Å². The van der Waals surface area contributed by atoms with Crippen molar-refractivity contribution in [2.75, 3.05) is 6.54 Å². The molecule has 0 spiro atoms. The van der Waals surface area contributed by atoms with Crippen LogP contribution in [0, 0.1) is 17.5 Å². The lowest BCUT2D eigenvalue weighted by molar-refractivity contribution is 0.434. The molecule has 0 radical (unpaired) electrons. The Kier molecular flexibility index (Phi) is 4.04. The Bertz CT molecular complexity index is 644. The third kappa shape index (κ3) is 2.60. The first-order valence-electron chi connectivity index (χ1n) is 7.10. The van der Waals surface area contributed by atoms with Crippen LogP contribution >= 0.6 is 11.3 Å². The lowest BCUT2D eigenvalue weighted by Crippen LogP contribution is -2.22. The Morgan fingerprint density at radius 1 is 1.19 bits per heavy atom. The topological polar surface area (TPSA) is 12.0 Å². The molecule has 1 atom stereocenters. The molecule has 0 fully saturated rings. The van der Waals surface area contributed by atoms with Gasteiger partial charge in [0.05, 0.1) is 6.04 Å². The van der Waals surface area contributed by atoms with Crippen LogP contribution in [-0.2, 0) is 12.8 Å². The number of hydrogen-bond acceptors (Lipinski definition) is 2. The Balaban J connectivity index is 2.03. The molecule has 1 aliphatic carbocycles. The van der Waals surface area contributed by atoms with E-state index in [2.05, 4.69) is 11.4 Å². The van der Waals surface area contributed by atoms with E-state index in [1.54, 1.807) is 11.3 Å². The monoisotopic (exact) mass is 311 g/mol. The molecule has 112 valence electrons. The van der Waals surface area contributed by atoms with Crippen LogP contribution in [0.25, 0.3) is 0 Å². The Hall–Kier alpha value is -1.33. The maximum Gasteiger partial charge on any atom is 0.194 e. The molecule has 0 bridgehead atoms. The van der Waals surface area contributed by atoms with E-state index in [1.165, 1.54) is 16.5 Å². The summed E-state index contributed by atoms with van der Waals surface area (Å²) in [6.45, 7) is 2.53. The van der Waals surface area contributed by atoms with Gasteiger partial charge in [-0.25, -0.2) is 13.2 Å². The van der Waals surface area contributed by atoms with E-state index < -0.39 is 23.5 Å². The van der Waals surface area contributed by atoms with Crippen molar-refractivity contribution < 1.29 is 13.2 Å². The highest BCUT2D eigenvalue weighted by Gasteiger charge is 2.25. The van der Waals surface area contributed by atoms with Crippen LogP contribution < -0.4 is 5.32 Å². The predicted octanol–water partition coefficient (Wildman–Crippen LogP) is 4.35. The fourth-order valence-electron chi connectivity index (χ4n) is 2.83. The average molecular weight is 311 g/mol. The normalized spacial score (nSPS) is 15.2. The van der Waals surface area contributed by atoms with Gasteiger partial charge >= 0.3 is 0 Å². The summed E-state index contributed by atoms with van der Waals surface area (Å²) >= 11 is 1.64. The quantitative estimate of drug-likeness (QED) is 0.828. The van der Waals surface area contributed by atoms with E-state index in [0.717, 1.165) is 30.2 Å². The van der Waals surface area contributed by atoms with Gasteiger partial charge in [0, 0.05) is 15.3 Å². The van der Waals surface area contributed by atoms with Gasteiger partial charge in [-0.3, -0.25) is 0 Å². The summed E-state index contributed by atoms with van der Waals surface area (Å²) in [7, 11) is 0. The third-order valence-corrected chi connectivity index (χ3v) is 5.14. The first-order chi connectivity index (χ1) is 10.1. The van der Waals surface area contributed by atoms with E-state index in [-0.39, 0.29) is 5.56 Å². The van der Waals surface area contributed by atoms with Crippen LogP contribution in [0.1, 0.15) is 40.3 Å². The summed E-state index contributed by atoms with van der Waals surface area (Å²) < 4.78 is 40.7. The number of aryl methyl sites for hydroxylation is 2. The molecule has 1 aromatic carbocycles. The molecule has 1 nitrogen and oxygen atoms in total. The Morgan fingerprint density at radius 2 is 2.00 bits per heavy atom. The number of hydrogen-bond donors (Lipinski definition) is 1. The lowest BCUT2D eigenvalue weighted by Gasteiger charge is -2.18. The van der Waals surface area contributed by atoms with Gasteiger partial charge in [0.2, 0.25) is 0 Å². The fraction of sp³-hybridized carbons (Fsp3) is 0.375. The summed E-state index contributed by atoms with van der Waals surface area (Å²) in [6.07, 6.45) is 3.26. The number of benzene rings is 1. The van der Waals surface area contributed by atoms with Gasteiger partial charge in [-0.1, -0.05) is 13.0 Å². The number of thiophene rings is 1. The highest BCUT2D eigenvalue weighted by atomic mass is 32.1. The SMILES string of the molecule is CCNC(c1cc2c(s1)CCC2)c1ccc(F)c(F)c1F. The number of rotatable bonds is 4. The lowest BCUT2D eigenvalue weighted by atomic mass is 10.0. The zero-order valence-electron chi connectivity index (χ0n) is 11.7. The van der Waals surface area contributed by atoms with E-state index in [1.807, 2.05) is 6.92 Å². The molecule has 0 amide bonds. The first-order valence-corrected chi connectivity index (χ1v) is 7.91. The third-order valence-electron chi connectivity index (χ3n) is 3.83. The van der Waals surface area contributed by atoms with Gasteiger partial charge in [0.1, 0.15) is 0 Å². The minimum atomic E-state index is -1.40. The van der Waals surface area contributed by atoms with Crippen LogP contribution in [0.3, 0.4) is 0 Å². The van der Waals surface area contributed by atoms with Gasteiger partial charge < -0.3 is 5.32 Å². The van der Waals surface area contributed by atoms with E-state index in [9.17, 15) is 13.2 Å². The van der Waals surface area contributed by atoms with Crippen molar-refractivity contribution in [3.63, 3.8) is 0 Å². The second kappa shape index (κ2) is 5.81. The maximum absolute atomic E-state index is 14.1. The van der Waals surface area contributed by atoms with Crippen molar-refractivity contribution in [2.45, 2.75) is 32.2 Å². The predicted molar refractivity (Wildman–Crippen MR) is 78.2 cm³/mol. The molecule has 0 aliphatic heterocycles. The van der Waals surface area contributed by atoms with Gasteiger partial charge in [-0.05, 0) is 43.5 Å². The molecule has 2 aromatic rings. The molecule has 0 saturated carbocycles. The molecule has 1 N–H and O–H groups in total. The van der Waals surface area contributed by atoms with Gasteiger partial charge in [-0.2, -0.15) is 0 Å². The number of fused-ring (bicyclic) bond motifs is 1. The minimum absolute atomic E-state index is 0.163. The molecule has 5 heteroatoms. The summed E-state index contributed by atoms with van der Waals surface area (Å²) in [5.74, 6) is -3.66. The first kappa shape index (κ1) is 14.6. The molecule has 0 saturated heterocycles. The second-order valence-corrected chi connectivity index (χ2v) is 6.37. The summed E-state index contributed by atoms with van der Waals surface area (Å²) in [4.78, 5) is 2.29. The summed E-state index contributed by atoms with van der Waals surface area (Å²) in [6, 6.07) is 3.95. The number of halogens is 3. The van der Waals surface area contributed by atoms with E-state index >= 15 is 0 Å². The molecule has 1 aliphatic rings. The molecule has 3 rings (SSSR count). The van der Waals surface area contributed by atoms with E-state index in [4.69, 9.17) is 0 Å². The highest BCUT2D eigenvalue weighted by molar-refractivity contribution is 7.12. The van der Waals surface area contributed by atoms with Gasteiger partial charge in [0.25, 0.3) is 0 Å². The van der Waals surface area contributed by atoms with Crippen molar-refractivity contribution >= 4 is 11.3 Å². The van der Waals surface area contributed by atoms with Crippen LogP contribution in [-0.4, -0.2) is 6.54 Å². The largest absolute Gasteiger partial charge is 0.306 e. The second-order valence-electron chi connectivity index (χ2n) is 5.21. The molecular formula is C16H16F3NS. The summed E-state index contributed by atoms with van der Waals surface area (Å²) in [5.41, 5.74) is 1.47. The van der Waals surface area contributed by atoms with Crippen LogP contribution in [0.5, 0.6) is 0 Å². The molecule has 1 aromatic heterocycles. The van der Waals surface area contributed by atoms with Gasteiger partial charge in [-0.15, -0.1) is 11.3 Å². The van der Waals surface area contributed by atoms with Crippen LogP contribution in [0.15, 0.2) is 18.2 Å². The zero-order chi connectivity index (χ0) is 15.0. The number of nitrogens with one attached hydrogen (secondary N) is 1. The molecule has 21 heavy (non-hydrogen) atoms. The minimum Gasteiger partial charge on any atom is -0.306 e. The molecule has 1 heterocycles. The maximum atomic E-state index is 14.1. The van der Waals surface area contributed by atoms with Crippen molar-refractivity contribution in [2.24, 2.45) is 0 Å². The zero-order valence-corrected chi connectivity index (χ0v) is 12.5.